The standard InChI is InChI=1S/C8H10O2/c1-2-4-8-7(9)5-3-6-10-8/h2-4,6,8H,5H2,1H3. The fourth-order valence-corrected chi connectivity index (χ4v) is 0.824. The normalized spacial score (nSPS) is 25.3. The van der Waals surface area contributed by atoms with Crippen LogP contribution in [-0.4, -0.2) is 11.9 Å². The van der Waals surface area contributed by atoms with Crippen LogP contribution in [0.5, 0.6) is 0 Å². The molecule has 0 N–H and O–H groups in total. The lowest BCUT2D eigenvalue weighted by atomic mass is 10.1. The van der Waals surface area contributed by atoms with Gasteiger partial charge in [-0.25, -0.2) is 0 Å². The Kier molecular flexibility index (Phi) is 2.26. The monoisotopic (exact) mass is 138 g/mol. The Hall–Kier alpha value is -1.05. The average Bonchev–Trinajstić information content (AvgIpc) is 1.94. The van der Waals surface area contributed by atoms with Crippen molar-refractivity contribution in [1.29, 1.82) is 0 Å². The van der Waals surface area contributed by atoms with Crippen LogP contribution in [-0.2, 0) is 9.53 Å². The second-order valence-corrected chi connectivity index (χ2v) is 2.12. The first-order chi connectivity index (χ1) is 4.84. The van der Waals surface area contributed by atoms with Crippen molar-refractivity contribution >= 4 is 5.78 Å². The summed E-state index contributed by atoms with van der Waals surface area (Å²) in [5, 5.41) is 0. The number of allylic oxidation sites excluding steroid dienone is 2. The van der Waals surface area contributed by atoms with Crippen LogP contribution in [0.4, 0.5) is 0 Å². The molecule has 0 aromatic rings. The Morgan fingerprint density at radius 1 is 1.80 bits per heavy atom. The lowest BCUT2D eigenvalue weighted by molar-refractivity contribution is -0.125. The molecule has 2 heteroatoms. The summed E-state index contributed by atoms with van der Waals surface area (Å²) in [7, 11) is 0. The van der Waals surface area contributed by atoms with Gasteiger partial charge in [-0.15, -0.1) is 0 Å². The second-order valence-electron chi connectivity index (χ2n) is 2.12. The molecule has 0 saturated heterocycles. The molecular formula is C8H10O2. The first-order valence-electron chi connectivity index (χ1n) is 3.30. The number of hydrogen-bond acceptors (Lipinski definition) is 2. The van der Waals surface area contributed by atoms with Crippen molar-refractivity contribution in [2.75, 3.05) is 0 Å². The zero-order valence-corrected chi connectivity index (χ0v) is 5.91. The lowest BCUT2D eigenvalue weighted by Gasteiger charge is -2.13. The van der Waals surface area contributed by atoms with Gasteiger partial charge in [-0.1, -0.05) is 6.08 Å². The van der Waals surface area contributed by atoms with Gasteiger partial charge in [0.15, 0.2) is 11.9 Å². The van der Waals surface area contributed by atoms with Crippen LogP contribution in [0.3, 0.4) is 0 Å². The van der Waals surface area contributed by atoms with Gasteiger partial charge in [0.1, 0.15) is 0 Å². The molecule has 54 valence electrons. The van der Waals surface area contributed by atoms with Crippen molar-refractivity contribution in [3.8, 4) is 0 Å². The molecule has 2 nitrogen and oxygen atoms in total. The number of rotatable bonds is 1. The van der Waals surface area contributed by atoms with Gasteiger partial charge < -0.3 is 4.74 Å². The van der Waals surface area contributed by atoms with E-state index < -0.39 is 0 Å². The van der Waals surface area contributed by atoms with Crippen LogP contribution in [0, 0.1) is 0 Å². The summed E-state index contributed by atoms with van der Waals surface area (Å²) in [6.45, 7) is 1.87. The summed E-state index contributed by atoms with van der Waals surface area (Å²) < 4.78 is 5.01. The molecule has 1 unspecified atom stereocenters. The van der Waals surface area contributed by atoms with Crippen molar-refractivity contribution in [3.05, 3.63) is 24.5 Å². The molecule has 0 saturated carbocycles. The topological polar surface area (TPSA) is 26.3 Å². The van der Waals surface area contributed by atoms with Crippen molar-refractivity contribution in [1.82, 2.24) is 0 Å². The zero-order valence-electron chi connectivity index (χ0n) is 5.91. The summed E-state index contributed by atoms with van der Waals surface area (Å²) in [6.07, 6.45) is 7.03. The number of ketones is 1. The summed E-state index contributed by atoms with van der Waals surface area (Å²) in [4.78, 5) is 11.0. The highest BCUT2D eigenvalue weighted by molar-refractivity contribution is 5.86. The predicted molar refractivity (Wildman–Crippen MR) is 38.5 cm³/mol. The number of carbonyl (C=O) groups excluding carboxylic acids is 1. The average molecular weight is 138 g/mol. The maximum absolute atomic E-state index is 11.0. The molecule has 10 heavy (non-hydrogen) atoms. The zero-order chi connectivity index (χ0) is 7.40. The van der Waals surface area contributed by atoms with Crippen molar-refractivity contribution in [2.24, 2.45) is 0 Å². The quantitative estimate of drug-likeness (QED) is 0.512. The van der Waals surface area contributed by atoms with Crippen molar-refractivity contribution in [2.45, 2.75) is 19.4 Å². The Bertz CT molecular complexity index is 180. The highest BCUT2D eigenvalue weighted by atomic mass is 16.5. The van der Waals surface area contributed by atoms with E-state index in [0.29, 0.717) is 6.42 Å². The van der Waals surface area contributed by atoms with Crippen LogP contribution in [0.1, 0.15) is 13.3 Å². The third kappa shape index (κ3) is 1.47. The number of Topliss-reactive ketones (excluding diaryl/α,β-unsaturated/α-hetero) is 1. The highest BCUT2D eigenvalue weighted by Crippen LogP contribution is 2.06. The third-order valence-corrected chi connectivity index (χ3v) is 1.33. The lowest BCUT2D eigenvalue weighted by Crippen LogP contribution is -2.21. The molecule has 0 aliphatic carbocycles. The molecule has 0 aromatic heterocycles. The largest absolute Gasteiger partial charge is 0.486 e. The minimum absolute atomic E-state index is 0.126. The Morgan fingerprint density at radius 2 is 2.60 bits per heavy atom. The van der Waals surface area contributed by atoms with Gasteiger partial charge in [-0.05, 0) is 19.1 Å². The molecule has 1 aliphatic heterocycles. The van der Waals surface area contributed by atoms with Crippen molar-refractivity contribution in [3.63, 3.8) is 0 Å². The van der Waals surface area contributed by atoms with E-state index in [1.165, 1.54) is 0 Å². The van der Waals surface area contributed by atoms with Gasteiger partial charge in [0.2, 0.25) is 0 Å². The third-order valence-electron chi connectivity index (χ3n) is 1.33. The van der Waals surface area contributed by atoms with E-state index in [1.54, 1.807) is 18.4 Å². The molecular weight excluding hydrogens is 128 g/mol. The molecule has 0 radical (unpaired) electrons. The van der Waals surface area contributed by atoms with Crippen LogP contribution in [0.15, 0.2) is 24.5 Å². The van der Waals surface area contributed by atoms with Gasteiger partial charge in [-0.3, -0.25) is 4.79 Å². The SMILES string of the molecule is CC=CC1OC=CCC1=O. The van der Waals surface area contributed by atoms with Crippen LogP contribution < -0.4 is 0 Å². The van der Waals surface area contributed by atoms with E-state index in [9.17, 15) is 4.79 Å². The number of hydrogen-bond donors (Lipinski definition) is 0. The van der Waals surface area contributed by atoms with Gasteiger partial charge >= 0.3 is 0 Å². The van der Waals surface area contributed by atoms with E-state index >= 15 is 0 Å². The number of carbonyl (C=O) groups is 1. The minimum Gasteiger partial charge on any atom is -0.486 e. The first kappa shape index (κ1) is 7.06. The smallest absolute Gasteiger partial charge is 0.181 e. The van der Waals surface area contributed by atoms with E-state index in [4.69, 9.17) is 4.74 Å². The van der Waals surface area contributed by atoms with E-state index in [-0.39, 0.29) is 11.9 Å². The fourth-order valence-electron chi connectivity index (χ4n) is 0.824. The van der Waals surface area contributed by atoms with E-state index in [2.05, 4.69) is 0 Å². The summed E-state index contributed by atoms with van der Waals surface area (Å²) in [6, 6.07) is 0. The Morgan fingerprint density at radius 3 is 3.20 bits per heavy atom. The molecule has 1 heterocycles. The predicted octanol–water partition coefficient (Wildman–Crippen LogP) is 1.43. The molecule has 0 aromatic carbocycles. The second kappa shape index (κ2) is 3.20. The number of ether oxygens (including phenoxy) is 1. The first-order valence-corrected chi connectivity index (χ1v) is 3.30. The summed E-state index contributed by atoms with van der Waals surface area (Å²) in [5.41, 5.74) is 0. The minimum atomic E-state index is -0.338. The molecule has 0 bridgehead atoms. The molecule has 1 atom stereocenters. The highest BCUT2D eigenvalue weighted by Gasteiger charge is 2.16. The molecule has 0 amide bonds. The molecule has 0 spiro atoms. The maximum Gasteiger partial charge on any atom is 0.181 e. The Labute approximate surface area is 60.2 Å². The van der Waals surface area contributed by atoms with Crippen LogP contribution in [0.2, 0.25) is 0 Å². The van der Waals surface area contributed by atoms with Crippen LogP contribution in [0.25, 0.3) is 0 Å². The van der Waals surface area contributed by atoms with Gasteiger partial charge in [0.25, 0.3) is 0 Å². The molecule has 1 aliphatic rings. The van der Waals surface area contributed by atoms with E-state index in [1.807, 2.05) is 13.0 Å². The maximum atomic E-state index is 11.0. The van der Waals surface area contributed by atoms with Gasteiger partial charge in [-0.2, -0.15) is 0 Å². The van der Waals surface area contributed by atoms with Gasteiger partial charge in [0, 0.05) is 6.42 Å². The Balaban J connectivity index is 2.59. The summed E-state index contributed by atoms with van der Waals surface area (Å²) >= 11 is 0. The fraction of sp³-hybridized carbons (Fsp3) is 0.375. The summed E-state index contributed by atoms with van der Waals surface area (Å²) in [5.74, 6) is 0.126. The van der Waals surface area contributed by atoms with Gasteiger partial charge in [0.05, 0.1) is 6.26 Å². The molecule has 0 fully saturated rings. The van der Waals surface area contributed by atoms with E-state index in [0.717, 1.165) is 0 Å². The van der Waals surface area contributed by atoms with Crippen LogP contribution >= 0.6 is 0 Å². The molecule has 1 rings (SSSR count). The van der Waals surface area contributed by atoms with Crippen molar-refractivity contribution < 1.29 is 9.53 Å².